The quantitative estimate of drug-likeness (QED) is 0.935. The van der Waals surface area contributed by atoms with Crippen LogP contribution in [0.3, 0.4) is 0 Å². The summed E-state index contributed by atoms with van der Waals surface area (Å²) in [4.78, 5) is 23.3. The number of carbonyl (C=O) groups is 1. The molecule has 2 aromatic rings. The maximum atomic E-state index is 12.4. The Morgan fingerprint density at radius 2 is 2.20 bits per heavy atom. The van der Waals surface area contributed by atoms with E-state index < -0.39 is 18.0 Å². The highest BCUT2D eigenvalue weighted by Crippen LogP contribution is 2.33. The largest absolute Gasteiger partial charge is 0.480 e. The second-order valence-electron chi connectivity index (χ2n) is 4.17. The maximum Gasteiger partial charge on any atom is 0.329 e. The molecule has 0 spiro atoms. The summed E-state index contributed by atoms with van der Waals surface area (Å²) >= 11 is 1.16. The van der Waals surface area contributed by atoms with Crippen LogP contribution < -0.4 is 5.43 Å². The summed E-state index contributed by atoms with van der Waals surface area (Å²) in [6.45, 7) is -0.406. The molecule has 0 amide bonds. The molecule has 0 aliphatic carbocycles. The number of carboxylic acid groups (broad SMARTS) is 1. The van der Waals surface area contributed by atoms with Crippen LogP contribution in [0, 0.1) is 0 Å². The second kappa shape index (κ2) is 5.15. The first-order chi connectivity index (χ1) is 9.65. The Morgan fingerprint density at radius 1 is 1.40 bits per heavy atom. The second-order valence-corrected chi connectivity index (χ2v) is 5.28. The predicted octanol–water partition coefficient (Wildman–Crippen LogP) is 2.34. The molecule has 1 aliphatic rings. The monoisotopic (exact) mass is 290 g/mol. The molecule has 0 radical (unpaired) electrons. The Hall–Kier alpha value is -2.05. The van der Waals surface area contributed by atoms with Crippen molar-refractivity contribution in [1.29, 1.82) is 0 Å². The molecule has 0 fully saturated rings. The minimum atomic E-state index is -1.05. The fraction of sp³-hybridized carbons (Fsp3) is 0.143. The maximum absolute atomic E-state index is 12.4. The molecule has 0 saturated carbocycles. The van der Waals surface area contributed by atoms with E-state index in [9.17, 15) is 9.59 Å². The molecular weight excluding hydrogens is 280 g/mol. The number of fused-ring (bicyclic) bond motifs is 2. The Kier molecular flexibility index (Phi) is 3.33. The zero-order valence-corrected chi connectivity index (χ0v) is 11.1. The number of para-hydroxylation sites is 1. The highest BCUT2D eigenvalue weighted by atomic mass is 32.2. The SMILES string of the molecule is O=C(O)COC1C=Cc2oc3ccccc3c(=O)c2S1. The number of aliphatic carboxylic acids is 1. The number of thioether (sulfide) groups is 1. The molecule has 20 heavy (non-hydrogen) atoms. The van der Waals surface area contributed by atoms with Crippen LogP contribution in [0.25, 0.3) is 17.0 Å². The van der Waals surface area contributed by atoms with Crippen LogP contribution in [-0.2, 0) is 9.53 Å². The number of carboxylic acids is 1. The van der Waals surface area contributed by atoms with Gasteiger partial charge in [-0.2, -0.15) is 0 Å². The molecular formula is C14H10O5S. The van der Waals surface area contributed by atoms with E-state index in [4.69, 9.17) is 14.3 Å². The van der Waals surface area contributed by atoms with Gasteiger partial charge in [0.05, 0.1) is 5.39 Å². The van der Waals surface area contributed by atoms with Gasteiger partial charge >= 0.3 is 5.97 Å². The third-order valence-corrected chi connectivity index (χ3v) is 3.94. The predicted molar refractivity (Wildman–Crippen MR) is 74.8 cm³/mol. The molecule has 6 heteroatoms. The average Bonchev–Trinajstić information content (AvgIpc) is 2.46. The summed E-state index contributed by atoms with van der Waals surface area (Å²) < 4.78 is 10.8. The van der Waals surface area contributed by atoms with Crippen molar-refractivity contribution in [3.05, 3.63) is 46.3 Å². The molecule has 1 aromatic heterocycles. The standard InChI is InChI=1S/C14H10O5S/c15-11(16)7-18-12-6-5-10-14(20-12)13(17)8-3-1-2-4-9(8)19-10/h1-6,12H,7H2,(H,15,16). The first-order valence-corrected chi connectivity index (χ1v) is 6.77. The smallest absolute Gasteiger partial charge is 0.329 e. The normalized spacial score (nSPS) is 17.1. The van der Waals surface area contributed by atoms with Gasteiger partial charge in [-0.25, -0.2) is 4.79 Å². The Labute approximate surface area is 117 Å². The first kappa shape index (κ1) is 13.0. The molecule has 3 rings (SSSR count). The Balaban J connectivity index is 1.99. The fourth-order valence-corrected chi connectivity index (χ4v) is 2.90. The molecule has 2 heterocycles. The summed E-state index contributed by atoms with van der Waals surface area (Å²) in [5.74, 6) is -0.566. The molecule has 0 bridgehead atoms. The summed E-state index contributed by atoms with van der Waals surface area (Å²) in [6.07, 6.45) is 3.32. The van der Waals surface area contributed by atoms with Crippen LogP contribution >= 0.6 is 11.8 Å². The van der Waals surface area contributed by atoms with E-state index in [1.165, 1.54) is 0 Å². The van der Waals surface area contributed by atoms with E-state index in [1.54, 1.807) is 36.4 Å². The lowest BCUT2D eigenvalue weighted by Gasteiger charge is -2.17. The van der Waals surface area contributed by atoms with Crippen LogP contribution in [0.2, 0.25) is 0 Å². The van der Waals surface area contributed by atoms with E-state index in [1.807, 2.05) is 0 Å². The summed E-state index contributed by atoms with van der Waals surface area (Å²) in [7, 11) is 0. The van der Waals surface area contributed by atoms with Crippen LogP contribution in [0.15, 0.2) is 44.4 Å². The van der Waals surface area contributed by atoms with Gasteiger partial charge in [0, 0.05) is 0 Å². The molecule has 5 nitrogen and oxygen atoms in total. The van der Waals surface area contributed by atoms with E-state index in [0.717, 1.165) is 11.8 Å². The number of hydrogen-bond donors (Lipinski definition) is 1. The number of rotatable bonds is 3. The topological polar surface area (TPSA) is 76.7 Å². The molecule has 1 atom stereocenters. The third kappa shape index (κ3) is 2.35. The van der Waals surface area contributed by atoms with Crippen molar-refractivity contribution in [2.24, 2.45) is 0 Å². The van der Waals surface area contributed by atoms with Crippen molar-refractivity contribution >= 4 is 34.8 Å². The van der Waals surface area contributed by atoms with Gasteiger partial charge in [-0.3, -0.25) is 4.79 Å². The zero-order chi connectivity index (χ0) is 14.1. The Morgan fingerprint density at radius 3 is 3.00 bits per heavy atom. The summed E-state index contributed by atoms with van der Waals surface area (Å²) in [5.41, 5.74) is -0.0887. The molecule has 1 N–H and O–H groups in total. The minimum absolute atomic E-state index is 0.125. The van der Waals surface area contributed by atoms with Crippen LogP contribution in [0.5, 0.6) is 0 Å². The lowest BCUT2D eigenvalue weighted by atomic mass is 10.2. The van der Waals surface area contributed by atoms with Gasteiger partial charge < -0.3 is 14.3 Å². The number of ether oxygens (including phenoxy) is 1. The average molecular weight is 290 g/mol. The third-order valence-electron chi connectivity index (χ3n) is 2.79. The lowest BCUT2D eigenvalue weighted by molar-refractivity contribution is -0.142. The van der Waals surface area contributed by atoms with Gasteiger partial charge in [0.15, 0.2) is 0 Å². The van der Waals surface area contributed by atoms with E-state index in [2.05, 4.69) is 0 Å². The molecule has 1 unspecified atom stereocenters. The van der Waals surface area contributed by atoms with Crippen molar-refractivity contribution in [1.82, 2.24) is 0 Å². The van der Waals surface area contributed by atoms with Crippen molar-refractivity contribution in [3.8, 4) is 0 Å². The molecule has 102 valence electrons. The van der Waals surface area contributed by atoms with Crippen molar-refractivity contribution in [2.45, 2.75) is 10.3 Å². The first-order valence-electron chi connectivity index (χ1n) is 5.89. The van der Waals surface area contributed by atoms with Crippen LogP contribution in [0.4, 0.5) is 0 Å². The highest BCUT2D eigenvalue weighted by Gasteiger charge is 2.22. The number of benzene rings is 1. The van der Waals surface area contributed by atoms with E-state index >= 15 is 0 Å². The van der Waals surface area contributed by atoms with Gasteiger partial charge in [0.1, 0.15) is 28.3 Å². The summed E-state index contributed by atoms with van der Waals surface area (Å²) in [5, 5.41) is 9.10. The van der Waals surface area contributed by atoms with E-state index in [-0.39, 0.29) is 5.43 Å². The Bertz CT molecular complexity index is 762. The molecule has 1 aromatic carbocycles. The number of hydrogen-bond acceptors (Lipinski definition) is 5. The van der Waals surface area contributed by atoms with Crippen LogP contribution in [-0.4, -0.2) is 23.1 Å². The van der Waals surface area contributed by atoms with Gasteiger partial charge in [0.25, 0.3) is 0 Å². The zero-order valence-electron chi connectivity index (χ0n) is 10.2. The van der Waals surface area contributed by atoms with Crippen molar-refractivity contribution in [2.75, 3.05) is 6.61 Å². The molecule has 0 saturated heterocycles. The fourth-order valence-electron chi connectivity index (χ4n) is 1.93. The van der Waals surface area contributed by atoms with Crippen molar-refractivity contribution < 1.29 is 19.1 Å². The van der Waals surface area contributed by atoms with Crippen LogP contribution in [0.1, 0.15) is 5.76 Å². The van der Waals surface area contributed by atoms with Gasteiger partial charge in [-0.15, -0.1) is 0 Å². The van der Waals surface area contributed by atoms with E-state index in [0.29, 0.717) is 21.6 Å². The van der Waals surface area contributed by atoms with Gasteiger partial charge in [-0.1, -0.05) is 23.9 Å². The highest BCUT2D eigenvalue weighted by molar-refractivity contribution is 8.00. The van der Waals surface area contributed by atoms with Gasteiger partial charge in [0.2, 0.25) is 5.43 Å². The van der Waals surface area contributed by atoms with Crippen molar-refractivity contribution in [3.63, 3.8) is 0 Å². The van der Waals surface area contributed by atoms with Gasteiger partial charge in [-0.05, 0) is 24.3 Å². The minimum Gasteiger partial charge on any atom is -0.480 e. The summed E-state index contributed by atoms with van der Waals surface area (Å²) in [6, 6.07) is 7.01. The molecule has 1 aliphatic heterocycles. The lowest BCUT2D eigenvalue weighted by Crippen LogP contribution is -2.18.